The van der Waals surface area contributed by atoms with Crippen LogP contribution in [-0.4, -0.2) is 38.1 Å². The van der Waals surface area contributed by atoms with Crippen molar-refractivity contribution in [2.24, 2.45) is 5.73 Å². The Morgan fingerprint density at radius 2 is 2.11 bits per heavy atom. The van der Waals surface area contributed by atoms with Crippen LogP contribution in [0.2, 0.25) is 0 Å². The zero-order valence-corrected chi connectivity index (χ0v) is 9.88. The van der Waals surface area contributed by atoms with Gasteiger partial charge in [-0.3, -0.25) is 4.79 Å². The van der Waals surface area contributed by atoms with Gasteiger partial charge < -0.3 is 10.5 Å². The van der Waals surface area contributed by atoms with Crippen LogP contribution in [0.4, 0.5) is 0 Å². The summed E-state index contributed by atoms with van der Waals surface area (Å²) in [7, 11) is 0. The normalized spacial score (nSPS) is 10.6. The maximum absolute atomic E-state index is 11.5. The molecule has 2 heterocycles. The summed E-state index contributed by atoms with van der Waals surface area (Å²) < 4.78 is 6.03. The highest BCUT2D eigenvalue weighted by Crippen LogP contribution is 2.05. The molecule has 0 spiro atoms. The van der Waals surface area contributed by atoms with Crippen LogP contribution in [0.3, 0.4) is 0 Å². The van der Waals surface area contributed by atoms with Crippen LogP contribution in [0.5, 0.6) is 0 Å². The minimum absolute atomic E-state index is 0.155. The number of esters is 1. The Morgan fingerprint density at radius 1 is 1.39 bits per heavy atom. The highest BCUT2D eigenvalue weighted by molar-refractivity contribution is 5.87. The lowest BCUT2D eigenvalue weighted by Crippen LogP contribution is -2.21. The van der Waals surface area contributed by atoms with Crippen LogP contribution < -0.4 is 5.73 Å². The number of primary amides is 1. The Morgan fingerprint density at radius 3 is 2.78 bits per heavy atom. The van der Waals surface area contributed by atoms with Crippen molar-refractivity contribution in [1.29, 1.82) is 0 Å². The molecule has 2 aromatic rings. The summed E-state index contributed by atoms with van der Waals surface area (Å²) in [6.45, 7) is 3.13. The lowest BCUT2D eigenvalue weighted by Gasteiger charge is -1.97. The number of nitrogens with two attached hydrogens (primary N) is 1. The molecule has 0 fully saturated rings. The van der Waals surface area contributed by atoms with Crippen LogP contribution in [0, 0.1) is 13.8 Å². The second kappa shape index (κ2) is 4.40. The first-order chi connectivity index (χ1) is 8.47. The highest BCUT2D eigenvalue weighted by atomic mass is 16.5. The summed E-state index contributed by atoms with van der Waals surface area (Å²) in [5.74, 6) is -1.40. The summed E-state index contributed by atoms with van der Waals surface area (Å²) >= 11 is 0. The third-order valence-electron chi connectivity index (χ3n) is 2.15. The van der Waals surface area contributed by atoms with E-state index in [0.717, 1.165) is 11.4 Å². The average molecular weight is 249 g/mol. The van der Waals surface area contributed by atoms with Crippen molar-refractivity contribution in [3.63, 3.8) is 0 Å². The Bertz CT molecular complexity index is 634. The summed E-state index contributed by atoms with van der Waals surface area (Å²) in [5.41, 5.74) is 6.42. The number of aryl methyl sites for hydroxylation is 2. The molecule has 0 atom stereocenters. The second-order valence-electron chi connectivity index (χ2n) is 3.73. The third-order valence-corrected chi connectivity index (χ3v) is 2.15. The molecule has 0 unspecified atom stereocenters. The fraction of sp³-hybridized carbons (Fsp3) is 0.300. The first kappa shape index (κ1) is 12.0. The van der Waals surface area contributed by atoms with E-state index in [0.29, 0.717) is 5.78 Å². The molecule has 18 heavy (non-hydrogen) atoms. The SMILES string of the molecule is Cc1cc(C)n2nc(C(=O)OCC(N)=O)nc2n1. The topological polar surface area (TPSA) is 112 Å². The molecule has 0 aliphatic heterocycles. The maximum Gasteiger partial charge on any atom is 0.378 e. The van der Waals surface area contributed by atoms with Gasteiger partial charge in [0.15, 0.2) is 6.61 Å². The van der Waals surface area contributed by atoms with Crippen LogP contribution in [-0.2, 0) is 9.53 Å². The molecule has 0 aliphatic carbocycles. The largest absolute Gasteiger partial charge is 0.450 e. The number of amides is 1. The number of ether oxygens (including phenoxy) is 1. The molecule has 0 radical (unpaired) electrons. The molecule has 1 amide bonds. The van der Waals surface area contributed by atoms with E-state index in [1.807, 2.05) is 13.8 Å². The van der Waals surface area contributed by atoms with Gasteiger partial charge in [-0.25, -0.2) is 14.3 Å². The second-order valence-corrected chi connectivity index (χ2v) is 3.73. The number of hydrogen-bond donors (Lipinski definition) is 1. The number of rotatable bonds is 3. The quantitative estimate of drug-likeness (QED) is 0.725. The zero-order chi connectivity index (χ0) is 13.3. The van der Waals surface area contributed by atoms with E-state index in [-0.39, 0.29) is 5.82 Å². The molecule has 0 saturated heterocycles. The number of aromatic nitrogens is 4. The Balaban J connectivity index is 2.32. The smallest absolute Gasteiger partial charge is 0.378 e. The third kappa shape index (κ3) is 2.26. The first-order valence-electron chi connectivity index (χ1n) is 5.14. The van der Waals surface area contributed by atoms with E-state index in [1.165, 1.54) is 4.52 Å². The molecule has 0 aromatic carbocycles. The monoisotopic (exact) mass is 249 g/mol. The van der Waals surface area contributed by atoms with Crippen LogP contribution in [0.15, 0.2) is 6.07 Å². The van der Waals surface area contributed by atoms with Crippen LogP contribution >= 0.6 is 0 Å². The summed E-state index contributed by atoms with van der Waals surface area (Å²) in [5, 5.41) is 3.95. The van der Waals surface area contributed by atoms with Gasteiger partial charge in [0.05, 0.1) is 0 Å². The number of carbonyl (C=O) groups is 2. The fourth-order valence-corrected chi connectivity index (χ4v) is 1.45. The fourth-order valence-electron chi connectivity index (χ4n) is 1.45. The van der Waals surface area contributed by atoms with Gasteiger partial charge in [-0.05, 0) is 19.9 Å². The van der Waals surface area contributed by atoms with E-state index in [1.54, 1.807) is 6.07 Å². The number of fused-ring (bicyclic) bond motifs is 1. The van der Waals surface area contributed by atoms with E-state index in [2.05, 4.69) is 19.8 Å². The van der Waals surface area contributed by atoms with Gasteiger partial charge in [-0.15, -0.1) is 5.10 Å². The molecule has 0 bridgehead atoms. The van der Waals surface area contributed by atoms with E-state index in [4.69, 9.17) is 5.73 Å². The van der Waals surface area contributed by atoms with E-state index < -0.39 is 18.5 Å². The van der Waals surface area contributed by atoms with E-state index in [9.17, 15) is 9.59 Å². The average Bonchev–Trinajstić information content (AvgIpc) is 2.69. The van der Waals surface area contributed by atoms with Gasteiger partial charge in [0, 0.05) is 11.4 Å². The zero-order valence-electron chi connectivity index (χ0n) is 9.88. The molecule has 0 saturated carbocycles. The highest BCUT2D eigenvalue weighted by Gasteiger charge is 2.16. The Hall–Kier alpha value is -2.51. The van der Waals surface area contributed by atoms with E-state index >= 15 is 0 Å². The van der Waals surface area contributed by atoms with Crippen molar-refractivity contribution >= 4 is 17.7 Å². The van der Waals surface area contributed by atoms with Crippen molar-refractivity contribution in [3.8, 4) is 0 Å². The molecule has 8 heteroatoms. The van der Waals surface area contributed by atoms with Crippen LogP contribution in [0.25, 0.3) is 5.78 Å². The van der Waals surface area contributed by atoms with Crippen LogP contribution in [0.1, 0.15) is 22.0 Å². The number of nitrogens with zero attached hydrogens (tertiary/aromatic N) is 4. The molecule has 2 N–H and O–H groups in total. The number of carbonyl (C=O) groups excluding carboxylic acids is 2. The summed E-state index contributed by atoms with van der Waals surface area (Å²) in [4.78, 5) is 30.1. The lowest BCUT2D eigenvalue weighted by molar-refractivity contribution is -0.121. The minimum Gasteiger partial charge on any atom is -0.450 e. The molecular weight excluding hydrogens is 238 g/mol. The maximum atomic E-state index is 11.5. The molecule has 0 aliphatic rings. The summed E-state index contributed by atoms with van der Waals surface area (Å²) in [6.07, 6.45) is 0. The molecular formula is C10H11N5O3. The van der Waals surface area contributed by atoms with Gasteiger partial charge >= 0.3 is 5.97 Å². The van der Waals surface area contributed by atoms with Gasteiger partial charge in [0.25, 0.3) is 17.5 Å². The van der Waals surface area contributed by atoms with Crippen molar-refractivity contribution in [1.82, 2.24) is 19.6 Å². The van der Waals surface area contributed by atoms with Gasteiger partial charge in [-0.2, -0.15) is 4.98 Å². The van der Waals surface area contributed by atoms with Gasteiger partial charge in [-0.1, -0.05) is 0 Å². The molecule has 2 rings (SSSR count). The standard InChI is InChI=1S/C10H11N5O3/c1-5-3-6(2)15-10(12-5)13-8(14-15)9(17)18-4-7(11)16/h3H,4H2,1-2H3,(H2,11,16). The summed E-state index contributed by atoms with van der Waals surface area (Å²) in [6, 6.07) is 1.81. The van der Waals surface area contributed by atoms with Gasteiger partial charge in [0.1, 0.15) is 0 Å². The predicted molar refractivity (Wildman–Crippen MR) is 59.7 cm³/mol. The predicted octanol–water partition coefficient (Wildman–Crippen LogP) is -0.617. The Kier molecular flexibility index (Phi) is 2.92. The molecule has 8 nitrogen and oxygen atoms in total. The minimum atomic E-state index is -0.809. The first-order valence-corrected chi connectivity index (χ1v) is 5.14. The Labute approximate surface area is 102 Å². The van der Waals surface area contributed by atoms with Crippen molar-refractivity contribution in [3.05, 3.63) is 23.3 Å². The number of hydrogen-bond acceptors (Lipinski definition) is 6. The molecule has 94 valence electrons. The molecule has 2 aromatic heterocycles. The van der Waals surface area contributed by atoms with Crippen molar-refractivity contribution in [2.75, 3.05) is 6.61 Å². The van der Waals surface area contributed by atoms with Crippen molar-refractivity contribution in [2.45, 2.75) is 13.8 Å². The van der Waals surface area contributed by atoms with Crippen molar-refractivity contribution < 1.29 is 14.3 Å². The lowest BCUT2D eigenvalue weighted by atomic mass is 10.4. The van der Waals surface area contributed by atoms with Gasteiger partial charge in [0.2, 0.25) is 0 Å².